The maximum absolute atomic E-state index is 13.6. The lowest BCUT2D eigenvalue weighted by molar-refractivity contribution is -0.152. The number of hydrogen-bond donors (Lipinski definition) is 1. The smallest absolute Gasteiger partial charge is 0.328 e. The van der Waals surface area contributed by atoms with Crippen molar-refractivity contribution in [2.24, 2.45) is 11.7 Å². The number of ether oxygens (including phenoxy) is 1. The molecule has 0 spiro atoms. The fourth-order valence-corrected chi connectivity index (χ4v) is 4.24. The first-order chi connectivity index (χ1) is 16.0. The molecule has 7 heteroatoms. The van der Waals surface area contributed by atoms with Gasteiger partial charge in [0.05, 0.1) is 13.0 Å². The van der Waals surface area contributed by atoms with E-state index in [4.69, 9.17) is 10.5 Å². The minimum absolute atomic E-state index is 0.170. The molecule has 172 valence electrons. The van der Waals surface area contributed by atoms with Crippen molar-refractivity contribution in [2.75, 3.05) is 26.2 Å². The van der Waals surface area contributed by atoms with E-state index in [0.29, 0.717) is 12.1 Å². The van der Waals surface area contributed by atoms with E-state index in [-0.39, 0.29) is 5.91 Å². The molecule has 1 aliphatic carbocycles. The standard InChI is InChI=1S/C26H29N3O3S/c1-29(23(13-15-33-3)26(31)32-2)25(30)21-12-11-19(24(27)20-10-7-14-28-17-20)16-22(21)18-8-5-4-6-9-18/h4-12,14,16-17,21,23H,13,15,27H2,1-3H3/b24-19+. The molecule has 33 heavy (non-hydrogen) atoms. The summed E-state index contributed by atoms with van der Waals surface area (Å²) in [7, 11) is 3.01. The van der Waals surface area contributed by atoms with Crippen molar-refractivity contribution in [2.45, 2.75) is 12.5 Å². The Morgan fingerprint density at radius 3 is 2.61 bits per heavy atom. The Morgan fingerprint density at radius 1 is 1.21 bits per heavy atom. The third-order valence-corrected chi connectivity index (χ3v) is 6.30. The SMILES string of the molecule is COC(=O)C(CCSC)N(C)C(=O)C1C=C/C(=C(\N)c2cccnc2)C=C1c1ccccc1. The number of methoxy groups -OCH3 is 1. The molecule has 2 atom stereocenters. The summed E-state index contributed by atoms with van der Waals surface area (Å²) in [6.45, 7) is 0. The van der Waals surface area contributed by atoms with Crippen molar-refractivity contribution in [1.82, 2.24) is 9.88 Å². The number of likely N-dealkylation sites (N-methyl/N-ethyl adjacent to an activating group) is 1. The maximum Gasteiger partial charge on any atom is 0.328 e. The molecule has 1 aromatic heterocycles. The lowest BCUT2D eigenvalue weighted by Crippen LogP contribution is -2.46. The van der Waals surface area contributed by atoms with Crippen LogP contribution in [0, 0.1) is 5.92 Å². The van der Waals surface area contributed by atoms with Crippen molar-refractivity contribution >= 4 is 34.9 Å². The number of allylic oxidation sites excluding steroid dienone is 3. The Labute approximate surface area is 199 Å². The molecule has 0 fully saturated rings. The number of carbonyl (C=O) groups is 2. The molecular formula is C26H29N3O3S. The van der Waals surface area contributed by atoms with Gasteiger partial charge in [-0.1, -0.05) is 42.5 Å². The van der Waals surface area contributed by atoms with E-state index < -0.39 is 17.9 Å². The number of rotatable bonds is 8. The summed E-state index contributed by atoms with van der Waals surface area (Å²) in [6.07, 6.45) is 11.6. The van der Waals surface area contributed by atoms with Gasteiger partial charge in [-0.05, 0) is 53.3 Å². The molecule has 2 aromatic rings. The fraction of sp³-hybridized carbons (Fsp3) is 0.269. The highest BCUT2D eigenvalue weighted by Crippen LogP contribution is 2.34. The van der Waals surface area contributed by atoms with Gasteiger partial charge in [-0.15, -0.1) is 0 Å². The zero-order valence-electron chi connectivity index (χ0n) is 19.1. The lowest BCUT2D eigenvalue weighted by atomic mass is 9.84. The number of hydrogen-bond acceptors (Lipinski definition) is 6. The van der Waals surface area contributed by atoms with Gasteiger partial charge in [0.1, 0.15) is 6.04 Å². The van der Waals surface area contributed by atoms with Gasteiger partial charge in [0.2, 0.25) is 5.91 Å². The molecule has 0 bridgehead atoms. The van der Waals surface area contributed by atoms with Crippen LogP contribution in [0.4, 0.5) is 0 Å². The summed E-state index contributed by atoms with van der Waals surface area (Å²) in [6, 6.07) is 12.8. The number of esters is 1. The first-order valence-corrected chi connectivity index (χ1v) is 12.1. The van der Waals surface area contributed by atoms with Gasteiger partial charge in [-0.25, -0.2) is 4.79 Å². The number of carbonyl (C=O) groups excluding carboxylic acids is 2. The van der Waals surface area contributed by atoms with Gasteiger partial charge in [0, 0.05) is 30.7 Å². The number of benzene rings is 1. The number of aromatic nitrogens is 1. The van der Waals surface area contributed by atoms with Crippen LogP contribution in [0.15, 0.2) is 78.7 Å². The topological polar surface area (TPSA) is 85.5 Å². The predicted octanol–water partition coefficient (Wildman–Crippen LogP) is 3.77. The largest absolute Gasteiger partial charge is 0.467 e. The summed E-state index contributed by atoms with van der Waals surface area (Å²) in [5.74, 6) is -0.388. The quantitative estimate of drug-likeness (QED) is 0.600. The van der Waals surface area contributed by atoms with Gasteiger partial charge >= 0.3 is 5.97 Å². The Bertz CT molecular complexity index is 1060. The van der Waals surface area contributed by atoms with E-state index in [1.165, 1.54) is 12.0 Å². The lowest BCUT2D eigenvalue weighted by Gasteiger charge is -2.31. The Balaban J connectivity index is 2.00. The van der Waals surface area contributed by atoms with Crippen LogP contribution < -0.4 is 5.73 Å². The van der Waals surface area contributed by atoms with Gasteiger partial charge < -0.3 is 15.4 Å². The monoisotopic (exact) mass is 463 g/mol. The summed E-state index contributed by atoms with van der Waals surface area (Å²) in [5.41, 5.74) is 10.4. The third kappa shape index (κ3) is 5.73. The van der Waals surface area contributed by atoms with Crippen LogP contribution in [0.25, 0.3) is 11.3 Å². The molecule has 2 N–H and O–H groups in total. The van der Waals surface area contributed by atoms with E-state index in [1.54, 1.807) is 31.2 Å². The van der Waals surface area contributed by atoms with E-state index in [9.17, 15) is 9.59 Å². The number of nitrogens with zero attached hydrogens (tertiary/aromatic N) is 2. The molecule has 1 amide bonds. The Morgan fingerprint density at radius 2 is 1.97 bits per heavy atom. The van der Waals surface area contributed by atoms with E-state index >= 15 is 0 Å². The van der Waals surface area contributed by atoms with E-state index in [2.05, 4.69) is 4.98 Å². The first-order valence-electron chi connectivity index (χ1n) is 10.7. The fourth-order valence-electron chi connectivity index (χ4n) is 3.78. The average molecular weight is 464 g/mol. The van der Waals surface area contributed by atoms with Crippen molar-refractivity contribution in [3.05, 3.63) is 89.8 Å². The van der Waals surface area contributed by atoms with Crippen LogP contribution in [0.2, 0.25) is 0 Å². The number of thioether (sulfide) groups is 1. The summed E-state index contributed by atoms with van der Waals surface area (Å²) in [5, 5.41) is 0. The minimum atomic E-state index is -0.641. The molecule has 1 heterocycles. The zero-order valence-corrected chi connectivity index (χ0v) is 19.9. The Hall–Kier alpha value is -3.32. The summed E-state index contributed by atoms with van der Waals surface area (Å²) in [4.78, 5) is 31.7. The predicted molar refractivity (Wildman–Crippen MR) is 134 cm³/mol. The van der Waals surface area contributed by atoms with Crippen LogP contribution in [-0.4, -0.2) is 54.0 Å². The first kappa shape index (κ1) is 24.3. The number of pyridine rings is 1. The second-order valence-electron chi connectivity index (χ2n) is 7.68. The summed E-state index contributed by atoms with van der Waals surface area (Å²) < 4.78 is 4.97. The van der Waals surface area contributed by atoms with Crippen molar-refractivity contribution < 1.29 is 14.3 Å². The molecule has 0 saturated heterocycles. The number of nitrogens with two attached hydrogens (primary N) is 1. The average Bonchev–Trinajstić information content (AvgIpc) is 2.88. The normalized spacial score (nSPS) is 17.7. The highest BCUT2D eigenvalue weighted by Gasteiger charge is 2.33. The zero-order chi connectivity index (χ0) is 23.8. The van der Waals surface area contributed by atoms with E-state index in [1.807, 2.05) is 66.9 Å². The highest BCUT2D eigenvalue weighted by atomic mass is 32.2. The molecule has 3 rings (SSSR count). The van der Waals surface area contributed by atoms with Crippen molar-refractivity contribution in [3.63, 3.8) is 0 Å². The van der Waals surface area contributed by atoms with Crippen LogP contribution in [-0.2, 0) is 14.3 Å². The van der Waals surface area contributed by atoms with Gasteiger partial charge in [0.25, 0.3) is 0 Å². The van der Waals surface area contributed by atoms with Gasteiger partial charge in [0.15, 0.2) is 0 Å². The molecule has 1 aromatic carbocycles. The van der Waals surface area contributed by atoms with Gasteiger partial charge in [-0.3, -0.25) is 9.78 Å². The highest BCUT2D eigenvalue weighted by molar-refractivity contribution is 7.98. The van der Waals surface area contributed by atoms with Crippen molar-refractivity contribution in [1.29, 1.82) is 0 Å². The van der Waals surface area contributed by atoms with Gasteiger partial charge in [-0.2, -0.15) is 11.8 Å². The Kier molecular flexibility index (Phi) is 8.49. The van der Waals surface area contributed by atoms with Crippen LogP contribution >= 0.6 is 11.8 Å². The molecule has 1 aliphatic rings. The second kappa shape index (κ2) is 11.5. The summed E-state index contributed by atoms with van der Waals surface area (Å²) >= 11 is 1.63. The molecule has 0 radical (unpaired) electrons. The van der Waals surface area contributed by atoms with Crippen LogP contribution in [0.5, 0.6) is 0 Å². The molecule has 0 aliphatic heterocycles. The maximum atomic E-state index is 13.6. The molecule has 6 nitrogen and oxygen atoms in total. The molecule has 0 saturated carbocycles. The van der Waals surface area contributed by atoms with Crippen molar-refractivity contribution in [3.8, 4) is 0 Å². The molecular weight excluding hydrogens is 434 g/mol. The van der Waals surface area contributed by atoms with Crippen LogP contribution in [0.3, 0.4) is 0 Å². The molecule has 2 unspecified atom stereocenters. The van der Waals surface area contributed by atoms with Crippen LogP contribution in [0.1, 0.15) is 17.5 Å². The second-order valence-corrected chi connectivity index (χ2v) is 8.67. The number of amides is 1. The minimum Gasteiger partial charge on any atom is -0.467 e. The van der Waals surface area contributed by atoms with E-state index in [0.717, 1.165) is 28.0 Å². The third-order valence-electron chi connectivity index (χ3n) is 5.65.